The van der Waals surface area contributed by atoms with Crippen LogP contribution in [-0.2, 0) is 4.74 Å². The summed E-state index contributed by atoms with van der Waals surface area (Å²) < 4.78 is 5.39. The zero-order chi connectivity index (χ0) is 11.9. The van der Waals surface area contributed by atoms with E-state index >= 15 is 0 Å². The number of aliphatic hydroxyl groups excluding tert-OH is 1. The van der Waals surface area contributed by atoms with E-state index in [1.54, 1.807) is 0 Å². The molecule has 0 bridgehead atoms. The van der Waals surface area contributed by atoms with E-state index in [9.17, 15) is 0 Å². The number of rotatable bonds is 7. The van der Waals surface area contributed by atoms with Crippen LogP contribution in [0.25, 0.3) is 0 Å². The van der Waals surface area contributed by atoms with Gasteiger partial charge in [-0.3, -0.25) is 0 Å². The number of hydrogen-bond acceptors (Lipinski definition) is 4. The Morgan fingerprint density at radius 2 is 2.12 bits per heavy atom. The lowest BCUT2D eigenvalue weighted by Gasteiger charge is -2.35. The van der Waals surface area contributed by atoms with Crippen LogP contribution in [0.1, 0.15) is 26.2 Å². The van der Waals surface area contributed by atoms with E-state index < -0.39 is 0 Å². The lowest BCUT2D eigenvalue weighted by Crippen LogP contribution is -2.42. The number of nitrogens with one attached hydrogen (secondary N) is 1. The molecule has 0 aliphatic carbocycles. The van der Waals surface area contributed by atoms with E-state index in [-0.39, 0.29) is 6.61 Å². The predicted molar refractivity (Wildman–Crippen MR) is 70.0 cm³/mol. The first-order chi connectivity index (χ1) is 7.70. The summed E-state index contributed by atoms with van der Waals surface area (Å²) in [5, 5.41) is 12.6. The van der Waals surface area contributed by atoms with Crippen molar-refractivity contribution in [1.29, 1.82) is 0 Å². The predicted octanol–water partition coefficient (Wildman–Crippen LogP) is 1.51. The average Bonchev–Trinajstić information content (AvgIpc) is 2.28. The van der Waals surface area contributed by atoms with Gasteiger partial charge < -0.3 is 15.2 Å². The summed E-state index contributed by atoms with van der Waals surface area (Å²) in [6, 6.07) is 0.444. The molecule has 1 aliphatic heterocycles. The fourth-order valence-corrected chi connectivity index (χ4v) is 2.72. The van der Waals surface area contributed by atoms with Gasteiger partial charge in [0, 0.05) is 38.2 Å². The molecule has 1 aliphatic rings. The molecule has 0 aromatic carbocycles. The molecule has 0 saturated carbocycles. The van der Waals surface area contributed by atoms with Crippen LogP contribution in [0.5, 0.6) is 0 Å². The van der Waals surface area contributed by atoms with Crippen molar-refractivity contribution in [2.24, 2.45) is 5.41 Å². The molecule has 16 heavy (non-hydrogen) atoms. The summed E-state index contributed by atoms with van der Waals surface area (Å²) in [6.45, 7) is 5.44. The van der Waals surface area contributed by atoms with Crippen molar-refractivity contribution in [3.8, 4) is 0 Å². The zero-order valence-electron chi connectivity index (χ0n) is 10.5. The molecule has 0 spiro atoms. The topological polar surface area (TPSA) is 41.5 Å². The van der Waals surface area contributed by atoms with E-state index in [2.05, 4.69) is 18.5 Å². The molecule has 3 nitrogen and oxygen atoms in total. The van der Waals surface area contributed by atoms with Crippen molar-refractivity contribution in [2.45, 2.75) is 32.2 Å². The molecule has 1 unspecified atom stereocenters. The SMILES string of the molecule is CSCC(CCO)NCC1(C)CCOCC1. The third-order valence-corrected chi connectivity index (χ3v) is 4.10. The Labute approximate surface area is 103 Å². The van der Waals surface area contributed by atoms with Gasteiger partial charge in [0.1, 0.15) is 0 Å². The number of thioether (sulfide) groups is 1. The molecule has 1 fully saturated rings. The third-order valence-electron chi connectivity index (χ3n) is 3.36. The van der Waals surface area contributed by atoms with Gasteiger partial charge in [-0.05, 0) is 30.9 Å². The summed E-state index contributed by atoms with van der Waals surface area (Å²) in [4.78, 5) is 0. The second kappa shape index (κ2) is 7.54. The highest BCUT2D eigenvalue weighted by atomic mass is 32.2. The van der Waals surface area contributed by atoms with Gasteiger partial charge in [-0.15, -0.1) is 0 Å². The van der Waals surface area contributed by atoms with E-state index in [0.29, 0.717) is 11.5 Å². The number of ether oxygens (including phenoxy) is 1. The van der Waals surface area contributed by atoms with Gasteiger partial charge in [-0.2, -0.15) is 11.8 Å². The lowest BCUT2D eigenvalue weighted by molar-refractivity contribution is 0.0228. The van der Waals surface area contributed by atoms with Crippen molar-refractivity contribution >= 4 is 11.8 Å². The first kappa shape index (κ1) is 14.3. The maximum absolute atomic E-state index is 9.00. The van der Waals surface area contributed by atoms with E-state index in [1.165, 1.54) is 0 Å². The zero-order valence-corrected chi connectivity index (χ0v) is 11.3. The molecule has 0 amide bonds. The Kier molecular flexibility index (Phi) is 6.73. The largest absolute Gasteiger partial charge is 0.396 e. The fraction of sp³-hybridized carbons (Fsp3) is 1.00. The van der Waals surface area contributed by atoms with E-state index in [4.69, 9.17) is 9.84 Å². The van der Waals surface area contributed by atoms with Crippen molar-refractivity contribution in [1.82, 2.24) is 5.32 Å². The van der Waals surface area contributed by atoms with E-state index in [0.717, 1.165) is 44.8 Å². The van der Waals surface area contributed by atoms with Gasteiger partial charge in [0.05, 0.1) is 0 Å². The fourth-order valence-electron chi connectivity index (χ4n) is 2.03. The van der Waals surface area contributed by atoms with Crippen molar-refractivity contribution in [2.75, 3.05) is 38.4 Å². The van der Waals surface area contributed by atoms with Gasteiger partial charge in [-0.25, -0.2) is 0 Å². The normalized spacial score (nSPS) is 21.9. The summed E-state index contributed by atoms with van der Waals surface area (Å²) in [5.74, 6) is 1.08. The van der Waals surface area contributed by atoms with Crippen molar-refractivity contribution in [3.05, 3.63) is 0 Å². The first-order valence-corrected chi connectivity index (χ1v) is 7.50. The Morgan fingerprint density at radius 3 is 2.69 bits per heavy atom. The highest BCUT2D eigenvalue weighted by Gasteiger charge is 2.27. The molecule has 0 radical (unpaired) electrons. The quantitative estimate of drug-likeness (QED) is 0.715. The van der Waals surface area contributed by atoms with Crippen LogP contribution in [0, 0.1) is 5.41 Å². The Morgan fingerprint density at radius 1 is 1.44 bits per heavy atom. The summed E-state index contributed by atoms with van der Waals surface area (Å²) >= 11 is 1.84. The van der Waals surface area contributed by atoms with Crippen LogP contribution in [0.2, 0.25) is 0 Å². The maximum Gasteiger partial charge on any atom is 0.0471 e. The molecule has 1 saturated heterocycles. The van der Waals surface area contributed by atoms with Crippen LogP contribution in [0.15, 0.2) is 0 Å². The molecule has 0 aromatic heterocycles. The van der Waals surface area contributed by atoms with Gasteiger partial charge in [0.2, 0.25) is 0 Å². The van der Waals surface area contributed by atoms with Crippen LogP contribution in [0.3, 0.4) is 0 Å². The van der Waals surface area contributed by atoms with Crippen LogP contribution in [0.4, 0.5) is 0 Å². The number of aliphatic hydroxyl groups is 1. The minimum atomic E-state index is 0.276. The van der Waals surface area contributed by atoms with Crippen LogP contribution >= 0.6 is 11.8 Å². The molecule has 1 heterocycles. The molecule has 0 aromatic rings. The summed E-state index contributed by atoms with van der Waals surface area (Å²) in [5.41, 5.74) is 0.379. The monoisotopic (exact) mass is 247 g/mol. The highest BCUT2D eigenvalue weighted by Crippen LogP contribution is 2.28. The Balaban J connectivity index is 2.28. The second-order valence-corrected chi connectivity index (χ2v) is 5.88. The Hall–Kier alpha value is 0.230. The molecular weight excluding hydrogens is 222 g/mol. The minimum absolute atomic E-state index is 0.276. The van der Waals surface area contributed by atoms with Crippen LogP contribution in [-0.4, -0.2) is 49.5 Å². The lowest BCUT2D eigenvalue weighted by atomic mass is 9.82. The smallest absolute Gasteiger partial charge is 0.0471 e. The molecular formula is C12H25NO2S. The second-order valence-electron chi connectivity index (χ2n) is 4.97. The molecule has 96 valence electrons. The Bertz CT molecular complexity index is 178. The molecule has 1 atom stereocenters. The first-order valence-electron chi connectivity index (χ1n) is 6.11. The molecule has 4 heteroatoms. The van der Waals surface area contributed by atoms with Crippen molar-refractivity contribution < 1.29 is 9.84 Å². The van der Waals surface area contributed by atoms with Gasteiger partial charge >= 0.3 is 0 Å². The standard InChI is InChI=1S/C12H25NO2S/c1-12(4-7-15-8-5-12)10-13-11(3-6-14)9-16-2/h11,13-14H,3-10H2,1-2H3. The minimum Gasteiger partial charge on any atom is -0.396 e. The maximum atomic E-state index is 9.00. The summed E-state index contributed by atoms with van der Waals surface area (Å²) in [6.07, 6.45) is 5.26. The van der Waals surface area contributed by atoms with Crippen molar-refractivity contribution in [3.63, 3.8) is 0 Å². The van der Waals surface area contributed by atoms with Gasteiger partial charge in [-0.1, -0.05) is 6.92 Å². The van der Waals surface area contributed by atoms with E-state index in [1.807, 2.05) is 11.8 Å². The molecule has 1 rings (SSSR count). The highest BCUT2D eigenvalue weighted by molar-refractivity contribution is 7.98. The van der Waals surface area contributed by atoms with Gasteiger partial charge in [0.25, 0.3) is 0 Å². The molecule has 2 N–H and O–H groups in total. The van der Waals surface area contributed by atoms with Gasteiger partial charge in [0.15, 0.2) is 0 Å². The average molecular weight is 247 g/mol. The number of hydrogen-bond donors (Lipinski definition) is 2. The van der Waals surface area contributed by atoms with Crippen LogP contribution < -0.4 is 5.32 Å². The third kappa shape index (κ3) is 5.04. The summed E-state index contributed by atoms with van der Waals surface area (Å²) in [7, 11) is 0.